The third-order valence-corrected chi connectivity index (χ3v) is 4.26. The molecule has 0 unspecified atom stereocenters. The lowest BCUT2D eigenvalue weighted by Crippen LogP contribution is -2.48. The fourth-order valence-corrected chi connectivity index (χ4v) is 2.93. The summed E-state index contributed by atoms with van der Waals surface area (Å²) in [7, 11) is 1.71. The van der Waals surface area contributed by atoms with Crippen molar-refractivity contribution in [1.29, 1.82) is 0 Å². The number of benzene rings is 1. The molecule has 4 heteroatoms. The summed E-state index contributed by atoms with van der Waals surface area (Å²) in [6.45, 7) is 6.96. The third-order valence-electron chi connectivity index (χ3n) is 4.26. The summed E-state index contributed by atoms with van der Waals surface area (Å²) in [5.74, 6) is 1.25. The molecule has 4 nitrogen and oxygen atoms in total. The lowest BCUT2D eigenvalue weighted by atomic mass is 10.1. The van der Waals surface area contributed by atoms with E-state index in [1.807, 2.05) is 17.0 Å². The van der Waals surface area contributed by atoms with Crippen LogP contribution in [0.5, 0.6) is 5.75 Å². The monoisotopic (exact) mass is 304 g/mol. The Labute approximate surface area is 134 Å². The number of nitrogens with zero attached hydrogens (tertiary/aromatic N) is 2. The van der Waals surface area contributed by atoms with Crippen LogP contribution in [-0.4, -0.2) is 55.5 Å². The molecule has 122 valence electrons. The minimum atomic E-state index is 0.318. The summed E-state index contributed by atoms with van der Waals surface area (Å²) in [5.41, 5.74) is 1.33. The Morgan fingerprint density at radius 2 is 2.00 bits per heavy atom. The SMILES string of the molecule is CCCC(=O)N1CCN(CCCc2cccc(OC)c2)CC1. The first-order chi connectivity index (χ1) is 10.7. The molecule has 1 fully saturated rings. The molecule has 0 bridgehead atoms. The van der Waals surface area contributed by atoms with Gasteiger partial charge in [-0.05, 0) is 43.5 Å². The number of methoxy groups -OCH3 is 1. The van der Waals surface area contributed by atoms with E-state index in [-0.39, 0.29) is 0 Å². The average Bonchev–Trinajstić information content (AvgIpc) is 2.56. The van der Waals surface area contributed by atoms with Crippen LogP contribution >= 0.6 is 0 Å². The van der Waals surface area contributed by atoms with Gasteiger partial charge in [-0.2, -0.15) is 0 Å². The molecule has 0 saturated carbocycles. The Kier molecular flexibility index (Phi) is 6.72. The van der Waals surface area contributed by atoms with Gasteiger partial charge in [0.25, 0.3) is 0 Å². The maximum Gasteiger partial charge on any atom is 0.222 e. The van der Waals surface area contributed by atoms with Gasteiger partial charge in [-0.15, -0.1) is 0 Å². The van der Waals surface area contributed by atoms with Gasteiger partial charge in [0.15, 0.2) is 0 Å². The summed E-state index contributed by atoms with van der Waals surface area (Å²) in [4.78, 5) is 16.3. The van der Waals surface area contributed by atoms with E-state index in [9.17, 15) is 4.79 Å². The van der Waals surface area contributed by atoms with Gasteiger partial charge in [-0.25, -0.2) is 0 Å². The topological polar surface area (TPSA) is 32.8 Å². The molecule has 1 aromatic rings. The number of aryl methyl sites for hydroxylation is 1. The molecular formula is C18H28N2O2. The van der Waals surface area contributed by atoms with Crippen molar-refractivity contribution in [1.82, 2.24) is 9.80 Å². The highest BCUT2D eigenvalue weighted by Crippen LogP contribution is 2.14. The Morgan fingerprint density at radius 1 is 1.23 bits per heavy atom. The van der Waals surface area contributed by atoms with Crippen LogP contribution in [0.1, 0.15) is 31.7 Å². The second-order valence-corrected chi connectivity index (χ2v) is 5.93. The van der Waals surface area contributed by atoms with Gasteiger partial charge in [0.2, 0.25) is 5.91 Å². The van der Waals surface area contributed by atoms with Gasteiger partial charge in [-0.1, -0.05) is 19.1 Å². The summed E-state index contributed by atoms with van der Waals surface area (Å²) >= 11 is 0. The van der Waals surface area contributed by atoms with Gasteiger partial charge in [-0.3, -0.25) is 9.69 Å². The van der Waals surface area contributed by atoms with Crippen LogP contribution in [0, 0.1) is 0 Å². The molecular weight excluding hydrogens is 276 g/mol. The summed E-state index contributed by atoms with van der Waals surface area (Å²) in [6, 6.07) is 8.30. The highest BCUT2D eigenvalue weighted by molar-refractivity contribution is 5.76. The second kappa shape index (κ2) is 8.79. The fourth-order valence-electron chi connectivity index (χ4n) is 2.93. The van der Waals surface area contributed by atoms with E-state index in [0.717, 1.165) is 57.7 Å². The van der Waals surface area contributed by atoms with Crippen molar-refractivity contribution in [3.05, 3.63) is 29.8 Å². The summed E-state index contributed by atoms with van der Waals surface area (Å²) in [5, 5.41) is 0. The van der Waals surface area contributed by atoms with E-state index in [0.29, 0.717) is 12.3 Å². The van der Waals surface area contributed by atoms with Crippen LogP contribution in [0.25, 0.3) is 0 Å². The molecule has 1 amide bonds. The van der Waals surface area contributed by atoms with Crippen LogP contribution < -0.4 is 4.74 Å². The van der Waals surface area contributed by atoms with Gasteiger partial charge >= 0.3 is 0 Å². The smallest absolute Gasteiger partial charge is 0.222 e. The van der Waals surface area contributed by atoms with E-state index in [2.05, 4.69) is 24.0 Å². The number of hydrogen-bond donors (Lipinski definition) is 0. The molecule has 0 N–H and O–H groups in total. The van der Waals surface area contributed by atoms with Crippen LogP contribution in [-0.2, 0) is 11.2 Å². The zero-order valence-electron chi connectivity index (χ0n) is 13.9. The molecule has 0 radical (unpaired) electrons. The van der Waals surface area contributed by atoms with Crippen LogP contribution in [0.15, 0.2) is 24.3 Å². The second-order valence-electron chi connectivity index (χ2n) is 5.93. The van der Waals surface area contributed by atoms with Crippen molar-refractivity contribution in [2.75, 3.05) is 39.8 Å². The molecule has 1 heterocycles. The van der Waals surface area contributed by atoms with Crippen molar-refractivity contribution in [3.63, 3.8) is 0 Å². The van der Waals surface area contributed by atoms with E-state index in [1.54, 1.807) is 7.11 Å². The molecule has 0 aromatic heterocycles. The van der Waals surface area contributed by atoms with Crippen LogP contribution in [0.2, 0.25) is 0 Å². The minimum absolute atomic E-state index is 0.318. The van der Waals surface area contributed by atoms with Gasteiger partial charge in [0, 0.05) is 32.6 Å². The Morgan fingerprint density at radius 3 is 2.68 bits per heavy atom. The van der Waals surface area contributed by atoms with E-state index >= 15 is 0 Å². The summed E-state index contributed by atoms with van der Waals surface area (Å²) in [6.07, 6.45) is 3.86. The normalized spacial score (nSPS) is 15.8. The first-order valence-corrected chi connectivity index (χ1v) is 8.36. The van der Waals surface area contributed by atoms with Crippen LogP contribution in [0.3, 0.4) is 0 Å². The Hall–Kier alpha value is -1.55. The van der Waals surface area contributed by atoms with E-state index < -0.39 is 0 Å². The minimum Gasteiger partial charge on any atom is -0.497 e. The predicted octanol–water partition coefficient (Wildman–Crippen LogP) is 2.57. The molecule has 1 aliphatic rings. The lowest BCUT2D eigenvalue weighted by Gasteiger charge is -2.34. The van der Waals surface area contributed by atoms with Gasteiger partial charge in [0.1, 0.15) is 5.75 Å². The predicted molar refractivity (Wildman–Crippen MR) is 89.2 cm³/mol. The number of carbonyl (C=O) groups excluding carboxylic acids is 1. The highest BCUT2D eigenvalue weighted by atomic mass is 16.5. The highest BCUT2D eigenvalue weighted by Gasteiger charge is 2.19. The molecule has 0 aliphatic carbocycles. The number of piperazine rings is 1. The summed E-state index contributed by atoms with van der Waals surface area (Å²) < 4.78 is 5.26. The molecule has 22 heavy (non-hydrogen) atoms. The van der Waals surface area contributed by atoms with Crippen molar-refractivity contribution < 1.29 is 9.53 Å². The molecule has 0 spiro atoms. The number of ether oxygens (including phenoxy) is 1. The number of carbonyl (C=O) groups is 1. The zero-order valence-corrected chi connectivity index (χ0v) is 13.9. The van der Waals surface area contributed by atoms with Crippen molar-refractivity contribution in [3.8, 4) is 5.75 Å². The maximum absolute atomic E-state index is 11.9. The quantitative estimate of drug-likeness (QED) is 0.776. The van der Waals surface area contributed by atoms with Crippen LogP contribution in [0.4, 0.5) is 0 Å². The van der Waals surface area contributed by atoms with Gasteiger partial charge in [0.05, 0.1) is 7.11 Å². The van der Waals surface area contributed by atoms with Crippen molar-refractivity contribution >= 4 is 5.91 Å². The largest absolute Gasteiger partial charge is 0.497 e. The molecule has 1 aromatic carbocycles. The zero-order chi connectivity index (χ0) is 15.8. The first kappa shape index (κ1) is 16.8. The number of amides is 1. The van der Waals surface area contributed by atoms with E-state index in [1.165, 1.54) is 5.56 Å². The van der Waals surface area contributed by atoms with Crippen molar-refractivity contribution in [2.24, 2.45) is 0 Å². The first-order valence-electron chi connectivity index (χ1n) is 8.36. The standard InChI is InChI=1S/C18H28N2O2/c1-3-6-18(21)20-13-11-19(12-14-20)10-5-8-16-7-4-9-17(15-16)22-2/h4,7,9,15H,3,5-6,8,10-14H2,1-2H3. The Bertz CT molecular complexity index is 468. The molecule has 1 saturated heterocycles. The Balaban J connectivity index is 1.67. The number of hydrogen-bond acceptors (Lipinski definition) is 3. The number of rotatable bonds is 7. The fraction of sp³-hybridized carbons (Fsp3) is 0.611. The molecule has 2 rings (SSSR count). The van der Waals surface area contributed by atoms with Gasteiger partial charge < -0.3 is 9.64 Å². The van der Waals surface area contributed by atoms with Crippen molar-refractivity contribution in [2.45, 2.75) is 32.6 Å². The third kappa shape index (κ3) is 5.02. The lowest BCUT2D eigenvalue weighted by molar-refractivity contribution is -0.132. The maximum atomic E-state index is 11.9. The molecule has 1 aliphatic heterocycles. The van der Waals surface area contributed by atoms with E-state index in [4.69, 9.17) is 4.74 Å². The average molecular weight is 304 g/mol. The molecule has 0 atom stereocenters.